The van der Waals surface area contributed by atoms with Gasteiger partial charge < -0.3 is 15.2 Å². The third-order valence-electron chi connectivity index (χ3n) is 1.99. The van der Waals surface area contributed by atoms with Crippen molar-refractivity contribution < 1.29 is 19.1 Å². The molecular formula is C11H13NO4. The second-order valence-electron chi connectivity index (χ2n) is 3.23. The maximum Gasteiger partial charge on any atom is 0.338 e. The Morgan fingerprint density at radius 3 is 2.62 bits per heavy atom. The molecule has 5 heteroatoms. The Kier molecular flexibility index (Phi) is 3.88. The van der Waals surface area contributed by atoms with Crippen LogP contribution in [0.5, 0.6) is 5.75 Å². The summed E-state index contributed by atoms with van der Waals surface area (Å²) in [6.45, 7) is 1.44. The number of methoxy groups -OCH3 is 1. The van der Waals surface area contributed by atoms with E-state index in [0.29, 0.717) is 11.3 Å². The predicted molar refractivity (Wildman–Crippen MR) is 57.2 cm³/mol. The number of aryl methyl sites for hydroxylation is 1. The van der Waals surface area contributed by atoms with E-state index in [0.717, 1.165) is 5.56 Å². The highest BCUT2D eigenvalue weighted by Gasteiger charge is 2.10. The highest BCUT2D eigenvalue weighted by atomic mass is 16.5. The van der Waals surface area contributed by atoms with E-state index >= 15 is 0 Å². The average molecular weight is 223 g/mol. The van der Waals surface area contributed by atoms with E-state index in [1.54, 1.807) is 18.2 Å². The molecule has 1 aromatic carbocycles. The Bertz CT molecular complexity index is 414. The fraction of sp³-hybridized carbons (Fsp3) is 0.273. The number of carbonyl (C=O) groups is 2. The lowest BCUT2D eigenvalue weighted by atomic mass is 10.1. The maximum absolute atomic E-state index is 11.4. The molecule has 0 saturated heterocycles. The van der Waals surface area contributed by atoms with Gasteiger partial charge >= 0.3 is 5.97 Å². The number of nitrogens with two attached hydrogens (primary N) is 1. The lowest BCUT2D eigenvalue weighted by Gasteiger charge is -2.07. The smallest absolute Gasteiger partial charge is 0.338 e. The first-order chi connectivity index (χ1) is 7.54. The van der Waals surface area contributed by atoms with Crippen LogP contribution >= 0.6 is 0 Å². The summed E-state index contributed by atoms with van der Waals surface area (Å²) in [5, 5.41) is 0. The van der Waals surface area contributed by atoms with Crippen LogP contribution in [0.1, 0.15) is 15.9 Å². The summed E-state index contributed by atoms with van der Waals surface area (Å²) in [5.74, 6) is -0.696. The molecule has 0 aliphatic rings. The van der Waals surface area contributed by atoms with Gasteiger partial charge in [-0.05, 0) is 24.6 Å². The van der Waals surface area contributed by atoms with E-state index in [9.17, 15) is 9.59 Å². The standard InChI is InChI=1S/C11H13NO4/c1-7-3-4-8(5-9(7)15-2)11(14)16-6-10(12)13/h3-5H,6H2,1-2H3,(H2,12,13). The van der Waals surface area contributed by atoms with Crippen molar-refractivity contribution in [2.75, 3.05) is 13.7 Å². The first-order valence-electron chi connectivity index (χ1n) is 4.64. The summed E-state index contributed by atoms with van der Waals surface area (Å²) in [6, 6.07) is 4.89. The molecule has 86 valence electrons. The Morgan fingerprint density at radius 2 is 2.06 bits per heavy atom. The van der Waals surface area contributed by atoms with Gasteiger partial charge in [-0.3, -0.25) is 4.79 Å². The Morgan fingerprint density at radius 1 is 1.38 bits per heavy atom. The minimum Gasteiger partial charge on any atom is -0.496 e. The molecule has 1 rings (SSSR count). The van der Waals surface area contributed by atoms with Gasteiger partial charge in [-0.25, -0.2) is 4.79 Å². The molecule has 1 amide bonds. The van der Waals surface area contributed by atoms with Crippen molar-refractivity contribution in [3.8, 4) is 5.75 Å². The van der Waals surface area contributed by atoms with Crippen molar-refractivity contribution >= 4 is 11.9 Å². The molecule has 16 heavy (non-hydrogen) atoms. The molecule has 0 unspecified atom stereocenters. The molecule has 0 radical (unpaired) electrons. The lowest BCUT2D eigenvalue weighted by Crippen LogP contribution is -2.20. The number of carbonyl (C=O) groups excluding carboxylic acids is 2. The summed E-state index contributed by atoms with van der Waals surface area (Å²) in [7, 11) is 1.51. The maximum atomic E-state index is 11.4. The van der Waals surface area contributed by atoms with Crippen LogP contribution in [-0.4, -0.2) is 25.6 Å². The van der Waals surface area contributed by atoms with E-state index < -0.39 is 18.5 Å². The van der Waals surface area contributed by atoms with E-state index in [4.69, 9.17) is 10.5 Å². The van der Waals surface area contributed by atoms with Gasteiger partial charge in [0, 0.05) is 0 Å². The van der Waals surface area contributed by atoms with Gasteiger partial charge in [-0.2, -0.15) is 0 Å². The number of ether oxygens (including phenoxy) is 2. The number of benzene rings is 1. The van der Waals surface area contributed by atoms with Gasteiger partial charge in [-0.15, -0.1) is 0 Å². The van der Waals surface area contributed by atoms with Gasteiger partial charge in [0.2, 0.25) is 0 Å². The van der Waals surface area contributed by atoms with Crippen LogP contribution in [0.4, 0.5) is 0 Å². The topological polar surface area (TPSA) is 78.6 Å². The zero-order valence-corrected chi connectivity index (χ0v) is 9.15. The molecule has 0 atom stereocenters. The summed E-state index contributed by atoms with van der Waals surface area (Å²) in [5.41, 5.74) is 6.09. The normalized spacial score (nSPS) is 9.62. The molecular weight excluding hydrogens is 210 g/mol. The molecule has 0 aliphatic carbocycles. The van der Waals surface area contributed by atoms with Gasteiger partial charge in [0.1, 0.15) is 5.75 Å². The SMILES string of the molecule is COc1cc(C(=O)OCC(N)=O)ccc1C. The van der Waals surface area contributed by atoms with E-state index in [2.05, 4.69) is 4.74 Å². The van der Waals surface area contributed by atoms with Crippen LogP contribution in [0.15, 0.2) is 18.2 Å². The predicted octanol–water partition coefficient (Wildman–Crippen LogP) is 0.646. The Labute approximate surface area is 93.1 Å². The van der Waals surface area contributed by atoms with Crippen molar-refractivity contribution in [1.82, 2.24) is 0 Å². The number of primary amides is 1. The number of amides is 1. The van der Waals surface area contributed by atoms with Crippen molar-refractivity contribution in [2.24, 2.45) is 5.73 Å². The molecule has 0 bridgehead atoms. The lowest BCUT2D eigenvalue weighted by molar-refractivity contribution is -0.121. The van der Waals surface area contributed by atoms with Gasteiger partial charge in [-0.1, -0.05) is 6.07 Å². The van der Waals surface area contributed by atoms with E-state index in [1.807, 2.05) is 6.92 Å². The number of rotatable bonds is 4. The Balaban J connectivity index is 2.80. The van der Waals surface area contributed by atoms with Gasteiger partial charge in [0.25, 0.3) is 5.91 Å². The van der Waals surface area contributed by atoms with E-state index in [-0.39, 0.29) is 0 Å². The molecule has 0 aliphatic heterocycles. The fourth-order valence-corrected chi connectivity index (χ4v) is 1.17. The van der Waals surface area contributed by atoms with Crippen LogP contribution in [0.2, 0.25) is 0 Å². The van der Waals surface area contributed by atoms with Crippen molar-refractivity contribution in [3.63, 3.8) is 0 Å². The zero-order chi connectivity index (χ0) is 12.1. The highest BCUT2D eigenvalue weighted by molar-refractivity contribution is 5.91. The summed E-state index contributed by atoms with van der Waals surface area (Å²) >= 11 is 0. The number of hydrogen-bond donors (Lipinski definition) is 1. The monoisotopic (exact) mass is 223 g/mol. The third-order valence-corrected chi connectivity index (χ3v) is 1.99. The zero-order valence-electron chi connectivity index (χ0n) is 9.15. The van der Waals surface area contributed by atoms with Crippen LogP contribution < -0.4 is 10.5 Å². The van der Waals surface area contributed by atoms with Crippen molar-refractivity contribution in [2.45, 2.75) is 6.92 Å². The van der Waals surface area contributed by atoms with Gasteiger partial charge in [0.15, 0.2) is 6.61 Å². The number of hydrogen-bond acceptors (Lipinski definition) is 4. The molecule has 0 saturated carbocycles. The van der Waals surface area contributed by atoms with Crippen LogP contribution in [0.3, 0.4) is 0 Å². The first kappa shape index (κ1) is 12.0. The van der Waals surface area contributed by atoms with Crippen LogP contribution in [0, 0.1) is 6.92 Å². The molecule has 0 spiro atoms. The second kappa shape index (κ2) is 5.16. The average Bonchev–Trinajstić information content (AvgIpc) is 2.26. The summed E-state index contributed by atoms with van der Waals surface area (Å²) < 4.78 is 9.72. The highest BCUT2D eigenvalue weighted by Crippen LogP contribution is 2.19. The molecule has 2 N–H and O–H groups in total. The quantitative estimate of drug-likeness (QED) is 0.760. The molecule has 0 heterocycles. The Hall–Kier alpha value is -2.04. The molecule has 0 fully saturated rings. The second-order valence-corrected chi connectivity index (χ2v) is 3.23. The number of esters is 1. The molecule has 1 aromatic rings. The van der Waals surface area contributed by atoms with E-state index in [1.165, 1.54) is 7.11 Å². The summed E-state index contributed by atoms with van der Waals surface area (Å²) in [6.07, 6.45) is 0. The van der Waals surface area contributed by atoms with Crippen LogP contribution in [-0.2, 0) is 9.53 Å². The minimum absolute atomic E-state index is 0.323. The third kappa shape index (κ3) is 2.98. The summed E-state index contributed by atoms with van der Waals surface area (Å²) in [4.78, 5) is 21.9. The first-order valence-corrected chi connectivity index (χ1v) is 4.64. The van der Waals surface area contributed by atoms with Crippen molar-refractivity contribution in [3.05, 3.63) is 29.3 Å². The molecule has 0 aromatic heterocycles. The molecule has 5 nitrogen and oxygen atoms in total. The minimum atomic E-state index is -0.688. The van der Waals surface area contributed by atoms with Gasteiger partial charge in [0.05, 0.1) is 12.7 Å². The fourth-order valence-electron chi connectivity index (χ4n) is 1.17. The van der Waals surface area contributed by atoms with Crippen LogP contribution in [0.25, 0.3) is 0 Å². The largest absolute Gasteiger partial charge is 0.496 e. The van der Waals surface area contributed by atoms with Crippen molar-refractivity contribution in [1.29, 1.82) is 0 Å².